The normalized spacial score (nSPS) is 18.7. The van der Waals surface area contributed by atoms with Gasteiger partial charge in [-0.3, -0.25) is 4.57 Å². The Kier molecular flexibility index (Phi) is 2.83. The van der Waals surface area contributed by atoms with Gasteiger partial charge in [-0.05, 0) is 24.5 Å². The highest BCUT2D eigenvalue weighted by molar-refractivity contribution is 5.21. The van der Waals surface area contributed by atoms with Gasteiger partial charge in [0.05, 0.1) is 6.17 Å². The second kappa shape index (κ2) is 4.49. The minimum atomic E-state index is -0.209. The van der Waals surface area contributed by atoms with Crippen molar-refractivity contribution in [3.8, 4) is 0 Å². The third kappa shape index (κ3) is 1.90. The maximum Gasteiger partial charge on any atom is 0.138 e. The molecule has 3 rings (SSSR count). The van der Waals surface area contributed by atoms with Crippen LogP contribution in [0, 0.1) is 5.82 Å². The standard InChI is InChI=1S/C13H15FN4/c14-10-5-2-1-4-9(10)8-13-17-16-12-7-3-6-11(15)18(12)13/h1-2,4-5,11H,3,6-8,15H2. The maximum atomic E-state index is 13.6. The van der Waals surface area contributed by atoms with Crippen LogP contribution in [0.25, 0.3) is 0 Å². The summed E-state index contributed by atoms with van der Waals surface area (Å²) in [4.78, 5) is 0. The number of fused-ring (bicyclic) bond motifs is 1. The monoisotopic (exact) mass is 246 g/mol. The molecular formula is C13H15FN4. The van der Waals surface area contributed by atoms with Crippen molar-refractivity contribution in [3.05, 3.63) is 47.3 Å². The first-order chi connectivity index (χ1) is 8.75. The Bertz CT molecular complexity index is 564. The molecule has 0 aliphatic carbocycles. The smallest absolute Gasteiger partial charge is 0.138 e. The number of aryl methyl sites for hydroxylation is 1. The molecule has 0 saturated carbocycles. The zero-order valence-electron chi connectivity index (χ0n) is 10.0. The predicted octanol–water partition coefficient (Wildman–Crippen LogP) is 1.80. The predicted molar refractivity (Wildman–Crippen MR) is 65.4 cm³/mol. The zero-order valence-corrected chi connectivity index (χ0v) is 10.0. The van der Waals surface area contributed by atoms with Gasteiger partial charge in [-0.25, -0.2) is 4.39 Å². The third-order valence-corrected chi connectivity index (χ3v) is 3.38. The Morgan fingerprint density at radius 2 is 2.17 bits per heavy atom. The van der Waals surface area contributed by atoms with Crippen LogP contribution in [0.15, 0.2) is 24.3 Å². The van der Waals surface area contributed by atoms with E-state index in [1.54, 1.807) is 12.1 Å². The van der Waals surface area contributed by atoms with Crippen LogP contribution in [-0.2, 0) is 12.8 Å². The highest BCUT2D eigenvalue weighted by atomic mass is 19.1. The fraction of sp³-hybridized carbons (Fsp3) is 0.385. The first-order valence-corrected chi connectivity index (χ1v) is 6.17. The van der Waals surface area contributed by atoms with Crippen LogP contribution in [0.5, 0.6) is 0 Å². The van der Waals surface area contributed by atoms with E-state index < -0.39 is 0 Å². The van der Waals surface area contributed by atoms with Crippen molar-refractivity contribution in [3.63, 3.8) is 0 Å². The van der Waals surface area contributed by atoms with Crippen LogP contribution >= 0.6 is 0 Å². The van der Waals surface area contributed by atoms with Gasteiger partial charge in [0, 0.05) is 12.8 Å². The Labute approximate surface area is 105 Å². The van der Waals surface area contributed by atoms with E-state index in [0.29, 0.717) is 12.0 Å². The molecule has 18 heavy (non-hydrogen) atoms. The maximum absolute atomic E-state index is 13.6. The molecule has 2 heterocycles. The number of benzene rings is 1. The summed E-state index contributed by atoms with van der Waals surface area (Å²) in [6.45, 7) is 0. The molecule has 1 atom stereocenters. The van der Waals surface area contributed by atoms with Gasteiger partial charge in [-0.2, -0.15) is 0 Å². The van der Waals surface area contributed by atoms with Gasteiger partial charge in [0.25, 0.3) is 0 Å². The molecule has 5 heteroatoms. The topological polar surface area (TPSA) is 56.7 Å². The largest absolute Gasteiger partial charge is 0.311 e. The molecule has 0 amide bonds. The fourth-order valence-corrected chi connectivity index (χ4v) is 2.45. The number of aromatic nitrogens is 3. The van der Waals surface area contributed by atoms with Crippen molar-refractivity contribution in [1.29, 1.82) is 0 Å². The summed E-state index contributed by atoms with van der Waals surface area (Å²) in [5, 5.41) is 8.29. The molecule has 1 unspecified atom stereocenters. The quantitative estimate of drug-likeness (QED) is 0.879. The lowest BCUT2D eigenvalue weighted by atomic mass is 10.1. The SMILES string of the molecule is NC1CCCc2nnc(Cc3ccccc3F)n21. The number of rotatable bonds is 2. The number of halogens is 1. The molecule has 2 aromatic rings. The van der Waals surface area contributed by atoms with Crippen molar-refractivity contribution in [1.82, 2.24) is 14.8 Å². The van der Waals surface area contributed by atoms with Crippen molar-refractivity contribution in [2.24, 2.45) is 5.73 Å². The van der Waals surface area contributed by atoms with Gasteiger partial charge in [0.2, 0.25) is 0 Å². The van der Waals surface area contributed by atoms with Crippen LogP contribution in [0.1, 0.15) is 36.2 Å². The summed E-state index contributed by atoms with van der Waals surface area (Å²) < 4.78 is 15.6. The lowest BCUT2D eigenvalue weighted by Gasteiger charge is -2.22. The zero-order chi connectivity index (χ0) is 12.5. The molecule has 0 fully saturated rings. The van der Waals surface area contributed by atoms with E-state index in [0.717, 1.165) is 30.9 Å². The molecule has 1 aliphatic rings. The van der Waals surface area contributed by atoms with E-state index >= 15 is 0 Å². The van der Waals surface area contributed by atoms with Crippen LogP contribution in [0.4, 0.5) is 4.39 Å². The van der Waals surface area contributed by atoms with Gasteiger partial charge in [0.1, 0.15) is 17.5 Å². The lowest BCUT2D eigenvalue weighted by molar-refractivity contribution is 0.398. The molecule has 1 aromatic heterocycles. The first kappa shape index (κ1) is 11.3. The molecule has 1 aromatic carbocycles. The molecule has 94 valence electrons. The Hall–Kier alpha value is -1.75. The number of hydrogen-bond donors (Lipinski definition) is 1. The number of nitrogens with zero attached hydrogens (tertiary/aromatic N) is 3. The van der Waals surface area contributed by atoms with E-state index in [2.05, 4.69) is 10.2 Å². The molecule has 0 spiro atoms. The Morgan fingerprint density at radius 3 is 3.00 bits per heavy atom. The summed E-state index contributed by atoms with van der Waals surface area (Å²) in [5.41, 5.74) is 6.70. The second-order valence-corrected chi connectivity index (χ2v) is 4.63. The third-order valence-electron chi connectivity index (χ3n) is 3.38. The second-order valence-electron chi connectivity index (χ2n) is 4.63. The van der Waals surface area contributed by atoms with Gasteiger partial charge in [-0.15, -0.1) is 10.2 Å². The minimum absolute atomic E-state index is 0.0782. The molecule has 1 aliphatic heterocycles. The van der Waals surface area contributed by atoms with Gasteiger partial charge in [0.15, 0.2) is 0 Å². The Morgan fingerprint density at radius 1 is 1.33 bits per heavy atom. The number of nitrogens with two attached hydrogens (primary N) is 1. The molecule has 4 nitrogen and oxygen atoms in total. The summed E-state index contributed by atoms with van der Waals surface area (Å²) in [7, 11) is 0. The van der Waals surface area contributed by atoms with E-state index in [1.807, 2.05) is 10.6 Å². The van der Waals surface area contributed by atoms with Gasteiger partial charge in [-0.1, -0.05) is 18.2 Å². The van der Waals surface area contributed by atoms with Gasteiger partial charge < -0.3 is 5.73 Å². The molecular weight excluding hydrogens is 231 g/mol. The fourth-order valence-electron chi connectivity index (χ4n) is 2.45. The minimum Gasteiger partial charge on any atom is -0.311 e. The molecule has 0 bridgehead atoms. The molecule has 0 radical (unpaired) electrons. The summed E-state index contributed by atoms with van der Waals surface area (Å²) in [6.07, 6.45) is 3.23. The van der Waals surface area contributed by atoms with E-state index in [9.17, 15) is 4.39 Å². The van der Waals surface area contributed by atoms with Crippen LogP contribution in [0.3, 0.4) is 0 Å². The summed E-state index contributed by atoms with van der Waals surface area (Å²) >= 11 is 0. The van der Waals surface area contributed by atoms with E-state index in [1.165, 1.54) is 6.07 Å². The highest BCUT2D eigenvalue weighted by Crippen LogP contribution is 2.22. The Balaban J connectivity index is 1.95. The summed E-state index contributed by atoms with van der Waals surface area (Å²) in [6, 6.07) is 6.74. The first-order valence-electron chi connectivity index (χ1n) is 6.17. The van der Waals surface area contributed by atoms with Crippen molar-refractivity contribution < 1.29 is 4.39 Å². The van der Waals surface area contributed by atoms with Crippen LogP contribution in [-0.4, -0.2) is 14.8 Å². The van der Waals surface area contributed by atoms with Gasteiger partial charge >= 0.3 is 0 Å². The number of hydrogen-bond acceptors (Lipinski definition) is 3. The van der Waals surface area contributed by atoms with Crippen LogP contribution in [0.2, 0.25) is 0 Å². The summed E-state index contributed by atoms with van der Waals surface area (Å²) in [5.74, 6) is 1.46. The van der Waals surface area contributed by atoms with Crippen molar-refractivity contribution in [2.45, 2.75) is 31.8 Å². The highest BCUT2D eigenvalue weighted by Gasteiger charge is 2.22. The average Bonchev–Trinajstić information content (AvgIpc) is 2.77. The molecule has 2 N–H and O–H groups in total. The van der Waals surface area contributed by atoms with Crippen molar-refractivity contribution >= 4 is 0 Å². The van der Waals surface area contributed by atoms with E-state index in [4.69, 9.17) is 5.73 Å². The van der Waals surface area contributed by atoms with E-state index in [-0.39, 0.29) is 12.0 Å². The molecule has 0 saturated heterocycles. The van der Waals surface area contributed by atoms with Crippen molar-refractivity contribution in [2.75, 3.05) is 0 Å². The van der Waals surface area contributed by atoms with Crippen LogP contribution < -0.4 is 5.73 Å². The lowest BCUT2D eigenvalue weighted by Crippen LogP contribution is -2.26. The average molecular weight is 246 g/mol.